The van der Waals surface area contributed by atoms with E-state index in [2.05, 4.69) is 20.6 Å². The fourth-order valence-corrected chi connectivity index (χ4v) is 4.55. The van der Waals surface area contributed by atoms with E-state index in [1.165, 1.54) is 25.1 Å². The molecule has 3 amide bonds. The number of aromatic nitrogens is 1. The maximum absolute atomic E-state index is 13.8. The molecule has 0 unspecified atom stereocenters. The van der Waals surface area contributed by atoms with Crippen LogP contribution in [0.1, 0.15) is 85.2 Å². The van der Waals surface area contributed by atoms with Crippen molar-refractivity contribution in [2.45, 2.75) is 66.2 Å². The highest BCUT2D eigenvalue weighted by molar-refractivity contribution is 6.34. The zero-order valence-electron chi connectivity index (χ0n) is 22.3. The summed E-state index contributed by atoms with van der Waals surface area (Å²) in [5.74, 6) is -1.70. The highest BCUT2D eigenvalue weighted by atomic mass is 19.1. The lowest BCUT2D eigenvalue weighted by molar-refractivity contribution is -0.156. The van der Waals surface area contributed by atoms with Crippen LogP contribution in [0, 0.1) is 19.7 Å². The third-order valence-corrected chi connectivity index (χ3v) is 6.55. The molecule has 1 aromatic carbocycles. The van der Waals surface area contributed by atoms with Gasteiger partial charge < -0.3 is 20.0 Å². The molecule has 0 spiro atoms. The van der Waals surface area contributed by atoms with Gasteiger partial charge in [-0.15, -0.1) is 0 Å². The molecule has 10 heteroatoms. The third kappa shape index (κ3) is 7.08. The molecule has 2 heterocycles. The van der Waals surface area contributed by atoms with Crippen molar-refractivity contribution in [3.05, 3.63) is 52.1 Å². The molecule has 0 radical (unpaired) electrons. The predicted molar refractivity (Wildman–Crippen MR) is 142 cm³/mol. The van der Waals surface area contributed by atoms with E-state index < -0.39 is 11.8 Å². The molecule has 0 fully saturated rings. The number of amides is 3. The van der Waals surface area contributed by atoms with E-state index in [0.717, 1.165) is 31.2 Å². The number of fused-ring (bicyclic) bond motifs is 1. The average molecular weight is 527 g/mol. The second-order valence-electron chi connectivity index (χ2n) is 9.39. The Kier molecular flexibility index (Phi) is 9.81. The lowest BCUT2D eigenvalue weighted by Gasteiger charge is -2.21. The van der Waals surface area contributed by atoms with Crippen LogP contribution in [-0.4, -0.2) is 46.7 Å². The van der Waals surface area contributed by atoms with Crippen molar-refractivity contribution in [2.24, 2.45) is 0 Å². The Morgan fingerprint density at radius 2 is 1.82 bits per heavy atom. The standard InChI is InChI=1S/C28H35FN4O5/c1-5-33(14-10-8-6-7-9-11-25(35)32-38-19(4)34)28(37)26-17(2)24(30-18(26)3)16-22-21-15-20(29)12-13-23(21)31-27(22)36/h12-13,15-16,30H,5-11,14H2,1-4H3,(H,31,36)(H,32,35)/b22-16-. The first-order valence-corrected chi connectivity index (χ1v) is 12.9. The maximum Gasteiger partial charge on any atom is 0.329 e. The smallest absolute Gasteiger partial charge is 0.329 e. The van der Waals surface area contributed by atoms with Gasteiger partial charge in [0.15, 0.2) is 0 Å². The second-order valence-corrected chi connectivity index (χ2v) is 9.39. The summed E-state index contributed by atoms with van der Waals surface area (Å²) in [7, 11) is 0. The topological polar surface area (TPSA) is 121 Å². The number of nitrogens with one attached hydrogen (secondary N) is 3. The van der Waals surface area contributed by atoms with Gasteiger partial charge in [0.25, 0.3) is 17.7 Å². The molecule has 0 saturated carbocycles. The minimum absolute atomic E-state index is 0.0761. The zero-order valence-corrected chi connectivity index (χ0v) is 22.3. The zero-order chi connectivity index (χ0) is 27.8. The first-order chi connectivity index (χ1) is 18.1. The number of anilines is 1. The lowest BCUT2D eigenvalue weighted by Crippen LogP contribution is -2.32. The Balaban J connectivity index is 1.56. The molecular formula is C28H35FN4O5. The van der Waals surface area contributed by atoms with Crippen molar-refractivity contribution >= 4 is 41.0 Å². The summed E-state index contributed by atoms with van der Waals surface area (Å²) in [6, 6.07) is 4.16. The normalized spacial score (nSPS) is 13.3. The second kappa shape index (κ2) is 13.0. The molecule has 38 heavy (non-hydrogen) atoms. The molecule has 2 aromatic rings. The van der Waals surface area contributed by atoms with Gasteiger partial charge in [-0.1, -0.05) is 19.3 Å². The number of benzene rings is 1. The summed E-state index contributed by atoms with van der Waals surface area (Å²) < 4.78 is 13.8. The number of rotatable bonds is 11. The third-order valence-electron chi connectivity index (χ3n) is 6.55. The van der Waals surface area contributed by atoms with Crippen molar-refractivity contribution in [1.29, 1.82) is 0 Å². The molecule has 1 aliphatic heterocycles. The van der Waals surface area contributed by atoms with Gasteiger partial charge in [0.2, 0.25) is 0 Å². The van der Waals surface area contributed by atoms with Gasteiger partial charge >= 0.3 is 5.97 Å². The van der Waals surface area contributed by atoms with Crippen LogP contribution in [-0.2, 0) is 19.2 Å². The fourth-order valence-electron chi connectivity index (χ4n) is 4.55. The first kappa shape index (κ1) is 28.6. The lowest BCUT2D eigenvalue weighted by atomic mass is 10.0. The number of aryl methyl sites for hydroxylation is 1. The highest BCUT2D eigenvalue weighted by Gasteiger charge is 2.27. The number of hydroxylamine groups is 1. The molecular weight excluding hydrogens is 491 g/mol. The minimum atomic E-state index is -0.560. The van der Waals surface area contributed by atoms with Gasteiger partial charge in [-0.3, -0.25) is 19.2 Å². The summed E-state index contributed by atoms with van der Waals surface area (Å²) in [6.07, 6.45) is 6.20. The first-order valence-electron chi connectivity index (χ1n) is 12.9. The van der Waals surface area contributed by atoms with E-state index in [-0.39, 0.29) is 17.7 Å². The van der Waals surface area contributed by atoms with E-state index in [1.54, 1.807) is 11.0 Å². The summed E-state index contributed by atoms with van der Waals surface area (Å²) in [4.78, 5) is 57.6. The Morgan fingerprint density at radius 3 is 2.53 bits per heavy atom. The van der Waals surface area contributed by atoms with Crippen LogP contribution >= 0.6 is 0 Å². The number of carbonyl (C=O) groups excluding carboxylic acids is 4. The number of hydrogen-bond donors (Lipinski definition) is 3. The van der Waals surface area contributed by atoms with Gasteiger partial charge in [0.05, 0.1) is 11.1 Å². The molecule has 9 nitrogen and oxygen atoms in total. The van der Waals surface area contributed by atoms with Crippen LogP contribution in [0.4, 0.5) is 10.1 Å². The van der Waals surface area contributed by atoms with Gasteiger partial charge in [0, 0.05) is 49.1 Å². The summed E-state index contributed by atoms with van der Waals surface area (Å²) in [5.41, 5.74) is 6.17. The molecule has 0 aliphatic carbocycles. The summed E-state index contributed by atoms with van der Waals surface area (Å²) >= 11 is 0. The van der Waals surface area contributed by atoms with E-state index in [0.29, 0.717) is 59.7 Å². The number of unbranched alkanes of at least 4 members (excludes halogenated alkanes) is 4. The number of aromatic amines is 1. The number of hydrogen-bond acceptors (Lipinski definition) is 5. The van der Waals surface area contributed by atoms with E-state index in [4.69, 9.17) is 0 Å². The van der Waals surface area contributed by atoms with Crippen molar-refractivity contribution in [2.75, 3.05) is 18.4 Å². The molecule has 3 N–H and O–H groups in total. The van der Waals surface area contributed by atoms with Crippen LogP contribution in [0.5, 0.6) is 0 Å². The highest BCUT2D eigenvalue weighted by Crippen LogP contribution is 2.34. The van der Waals surface area contributed by atoms with E-state index in [9.17, 15) is 23.6 Å². The van der Waals surface area contributed by atoms with Crippen LogP contribution in [0.15, 0.2) is 18.2 Å². The quantitative estimate of drug-likeness (QED) is 0.223. The van der Waals surface area contributed by atoms with E-state index >= 15 is 0 Å². The maximum atomic E-state index is 13.8. The number of halogens is 1. The summed E-state index contributed by atoms with van der Waals surface area (Å²) in [6.45, 7) is 8.00. The molecule has 0 bridgehead atoms. The Bertz CT molecular complexity index is 1250. The summed E-state index contributed by atoms with van der Waals surface area (Å²) in [5, 5.41) is 2.74. The SMILES string of the molecule is CCN(CCCCCCCC(=O)NOC(C)=O)C(=O)c1c(C)[nH]c(/C=C2\C(=O)Nc3ccc(F)cc32)c1C. The Labute approximate surface area is 221 Å². The van der Waals surface area contributed by atoms with Crippen LogP contribution < -0.4 is 10.8 Å². The van der Waals surface area contributed by atoms with Gasteiger partial charge in [-0.05, 0) is 63.5 Å². The Morgan fingerprint density at radius 1 is 1.11 bits per heavy atom. The monoisotopic (exact) mass is 526 g/mol. The van der Waals surface area contributed by atoms with Crippen LogP contribution in [0.3, 0.4) is 0 Å². The molecule has 204 valence electrons. The van der Waals surface area contributed by atoms with Crippen molar-refractivity contribution in [3.63, 3.8) is 0 Å². The van der Waals surface area contributed by atoms with E-state index in [1.807, 2.05) is 20.8 Å². The van der Waals surface area contributed by atoms with Gasteiger partial charge in [0.1, 0.15) is 5.82 Å². The van der Waals surface area contributed by atoms with Crippen molar-refractivity contribution in [3.8, 4) is 0 Å². The molecule has 3 rings (SSSR count). The molecule has 0 saturated heterocycles. The molecule has 1 aromatic heterocycles. The van der Waals surface area contributed by atoms with Gasteiger partial charge in [-0.2, -0.15) is 5.48 Å². The van der Waals surface area contributed by atoms with Crippen LogP contribution in [0.25, 0.3) is 11.6 Å². The number of carbonyl (C=O) groups is 4. The van der Waals surface area contributed by atoms with Crippen molar-refractivity contribution < 1.29 is 28.4 Å². The predicted octanol–water partition coefficient (Wildman–Crippen LogP) is 4.66. The largest absolute Gasteiger partial charge is 0.358 e. The fraction of sp³-hybridized carbons (Fsp3) is 0.429. The number of H-pyrrole nitrogens is 1. The van der Waals surface area contributed by atoms with Gasteiger partial charge in [-0.25, -0.2) is 4.39 Å². The minimum Gasteiger partial charge on any atom is -0.358 e. The number of nitrogens with zero attached hydrogens (tertiary/aromatic N) is 1. The molecule has 0 atom stereocenters. The Hall–Kier alpha value is -3.95. The van der Waals surface area contributed by atoms with Crippen LogP contribution in [0.2, 0.25) is 0 Å². The van der Waals surface area contributed by atoms with Crippen molar-refractivity contribution in [1.82, 2.24) is 15.4 Å². The molecule has 1 aliphatic rings. The average Bonchev–Trinajstić information content (AvgIpc) is 3.33.